The molecular formula is C50H67N11O11S2. The first kappa shape index (κ1) is 58.2. The van der Waals surface area contributed by atoms with Gasteiger partial charge in [-0.3, -0.25) is 38.4 Å². The number of unbranched alkanes of at least 4 members (excludes halogenated alkanes) is 1. The highest BCUT2D eigenvalue weighted by atomic mass is 33.1. The largest absolute Gasteiger partial charge is 0.508 e. The molecule has 1 aliphatic rings. The standard InChI is InChI=1S/C50H67N11O11S2/c1-27(62)41-49(71)59-40(50(72)61(3)42(28(2)63)43(53)65)26-74-73-25-39(58-44(66)34(52)21-30-16-18-32(64)19-17-30)48(70)56-37(22-29-11-5-4-6-12-29)46(68)57-38(23-31-24-54-35-14-8-7-13-33(31)35)47(69)55-36(45(67)60-41)15-9-10-20-51/h4-8,11-14,16-19,24,27-28,34,36-42,54,62-64H,9-10,15,20-23,25-26,51-52H2,1-3H3,(H2,53,65)(H,55,69)(H,56,70)(H,57,68)(H,58,66)(H,59,71)(H,60,67)/t27-,28-,34+,36+,37+,38-,39+,40+,41+,42+/m1/s1. The number of aliphatic hydroxyl groups excluding tert-OH is 2. The summed E-state index contributed by atoms with van der Waals surface area (Å²) in [7, 11) is 3.14. The summed E-state index contributed by atoms with van der Waals surface area (Å²) in [4.78, 5) is 117. The van der Waals surface area contributed by atoms with Gasteiger partial charge in [-0.1, -0.05) is 82.3 Å². The number of amides is 8. The van der Waals surface area contributed by atoms with Gasteiger partial charge in [0.1, 0.15) is 48.0 Å². The van der Waals surface area contributed by atoms with Crippen molar-refractivity contribution < 1.29 is 53.7 Å². The average molecular weight is 1060 g/mol. The van der Waals surface area contributed by atoms with Crippen molar-refractivity contribution in [1.29, 1.82) is 0 Å². The number of aromatic amines is 1. The number of carbonyl (C=O) groups is 8. The number of aromatic nitrogens is 1. The number of phenols is 1. The number of benzene rings is 3. The fourth-order valence-corrected chi connectivity index (χ4v) is 10.6. The molecule has 24 heteroatoms. The lowest BCUT2D eigenvalue weighted by Gasteiger charge is -2.32. The Balaban J connectivity index is 1.59. The van der Waals surface area contributed by atoms with E-state index in [9.17, 15) is 53.7 Å². The minimum absolute atomic E-state index is 0.00267. The topological polar surface area (TPSA) is 367 Å². The molecule has 8 amide bonds. The van der Waals surface area contributed by atoms with Crippen molar-refractivity contribution in [2.24, 2.45) is 17.2 Å². The molecular weight excluding hydrogens is 995 g/mol. The van der Waals surface area contributed by atoms with E-state index in [1.165, 1.54) is 33.0 Å². The molecule has 3 aromatic carbocycles. The number of para-hydroxylation sites is 1. The van der Waals surface area contributed by atoms with Gasteiger partial charge in [-0.15, -0.1) is 0 Å². The zero-order valence-electron chi connectivity index (χ0n) is 41.3. The van der Waals surface area contributed by atoms with E-state index in [2.05, 4.69) is 36.9 Å². The van der Waals surface area contributed by atoms with Crippen molar-refractivity contribution in [3.63, 3.8) is 0 Å². The van der Waals surface area contributed by atoms with Crippen molar-refractivity contribution >= 4 is 79.7 Å². The molecule has 22 nitrogen and oxygen atoms in total. The van der Waals surface area contributed by atoms with Gasteiger partial charge in [0.25, 0.3) is 0 Å². The number of phenolic OH excluding ortho intramolecular Hbond substituents is 1. The molecule has 1 aromatic heterocycles. The first-order valence-corrected chi connectivity index (χ1v) is 26.6. The number of carbonyl (C=O) groups excluding carboxylic acids is 8. The van der Waals surface area contributed by atoms with Crippen molar-refractivity contribution in [3.05, 3.63) is 102 Å². The summed E-state index contributed by atoms with van der Waals surface area (Å²) < 4.78 is 0. The van der Waals surface area contributed by atoms with Crippen LogP contribution in [0.3, 0.4) is 0 Å². The summed E-state index contributed by atoms with van der Waals surface area (Å²) in [6.07, 6.45) is -0.746. The number of likely N-dealkylation sites (N-methyl/N-ethyl adjacent to an activating group) is 1. The van der Waals surface area contributed by atoms with E-state index in [4.69, 9.17) is 17.2 Å². The predicted molar refractivity (Wildman–Crippen MR) is 280 cm³/mol. The van der Waals surface area contributed by atoms with Crippen molar-refractivity contribution in [1.82, 2.24) is 41.8 Å². The Kier molecular flexibility index (Phi) is 22.1. The van der Waals surface area contributed by atoms with E-state index < -0.39 is 108 Å². The van der Waals surface area contributed by atoms with Gasteiger partial charge in [-0.2, -0.15) is 0 Å². The Labute approximate surface area is 436 Å². The van der Waals surface area contributed by atoms with Gasteiger partial charge in [0, 0.05) is 48.5 Å². The molecule has 2 heterocycles. The zero-order chi connectivity index (χ0) is 54.1. The normalized spacial score (nSPS) is 22.3. The minimum atomic E-state index is -1.72. The lowest BCUT2D eigenvalue weighted by molar-refractivity contribution is -0.144. The number of nitrogens with two attached hydrogens (primary N) is 3. The quantitative estimate of drug-likeness (QED) is 0.0434. The van der Waals surface area contributed by atoms with Crippen LogP contribution in [-0.4, -0.2) is 158 Å². The van der Waals surface area contributed by atoms with E-state index in [0.717, 1.165) is 37.4 Å². The molecule has 0 spiro atoms. The molecule has 0 radical (unpaired) electrons. The van der Waals surface area contributed by atoms with Crippen LogP contribution in [0.2, 0.25) is 0 Å². The number of nitrogens with one attached hydrogen (secondary N) is 7. The molecule has 16 N–H and O–H groups in total. The summed E-state index contributed by atoms with van der Waals surface area (Å²) in [6, 6.07) is 10.6. The Hall–Kier alpha value is -6.70. The maximum atomic E-state index is 14.8. The second-order valence-corrected chi connectivity index (χ2v) is 20.7. The van der Waals surface area contributed by atoms with Gasteiger partial charge in [0.15, 0.2) is 0 Å². The van der Waals surface area contributed by atoms with Crippen molar-refractivity contribution in [2.75, 3.05) is 25.1 Å². The number of hydrogen-bond donors (Lipinski definition) is 13. The molecule has 4 aromatic rings. The number of rotatable bonds is 17. The van der Waals surface area contributed by atoms with Crippen LogP contribution in [0.1, 0.15) is 49.8 Å². The lowest BCUT2D eigenvalue weighted by atomic mass is 10.0. The Morgan fingerprint density at radius 1 is 0.743 bits per heavy atom. The third-order valence-corrected chi connectivity index (χ3v) is 14.8. The molecule has 74 heavy (non-hydrogen) atoms. The smallest absolute Gasteiger partial charge is 0.246 e. The SMILES string of the molecule is C[C@@H](O)[C@@H]1NC(=O)[C@H](CCCCN)NC(=O)[C@@H](Cc2c[nH]c3ccccc23)NC(=O)[C@H](Cc2ccccc2)NC(=O)[C@@H](NC(=O)[C@@H](N)Cc2ccc(O)cc2)CSSC[C@@H](C(=O)N(C)[C@H](C(N)=O)[C@@H](C)O)NC1=O. The molecule has 1 fully saturated rings. The van der Waals surface area contributed by atoms with Gasteiger partial charge in [0.05, 0.1) is 18.2 Å². The number of nitrogens with zero attached hydrogens (tertiary/aromatic N) is 1. The second kappa shape index (κ2) is 28.1. The molecule has 0 bridgehead atoms. The highest BCUT2D eigenvalue weighted by molar-refractivity contribution is 8.76. The first-order chi connectivity index (χ1) is 35.3. The fourth-order valence-electron chi connectivity index (χ4n) is 8.27. The van der Waals surface area contributed by atoms with Gasteiger partial charge >= 0.3 is 0 Å². The molecule has 10 atom stereocenters. The van der Waals surface area contributed by atoms with E-state index in [1.807, 2.05) is 18.2 Å². The van der Waals surface area contributed by atoms with Gasteiger partial charge in [-0.05, 0) is 81.0 Å². The molecule has 5 rings (SSSR count). The number of hydrogen-bond acceptors (Lipinski definition) is 15. The summed E-state index contributed by atoms with van der Waals surface area (Å²) in [6.45, 7) is 2.72. The summed E-state index contributed by atoms with van der Waals surface area (Å²) >= 11 is 0. The van der Waals surface area contributed by atoms with Crippen LogP contribution < -0.4 is 49.1 Å². The van der Waals surface area contributed by atoms with E-state index in [-0.39, 0.29) is 49.5 Å². The Morgan fingerprint density at radius 3 is 2.00 bits per heavy atom. The number of primary amides is 1. The van der Waals surface area contributed by atoms with Gasteiger partial charge in [-0.25, -0.2) is 0 Å². The maximum absolute atomic E-state index is 14.8. The van der Waals surface area contributed by atoms with E-state index >= 15 is 0 Å². The molecule has 1 aliphatic heterocycles. The minimum Gasteiger partial charge on any atom is -0.508 e. The van der Waals surface area contributed by atoms with Crippen LogP contribution in [0.15, 0.2) is 85.1 Å². The summed E-state index contributed by atoms with van der Waals surface area (Å²) in [5, 5.41) is 48.0. The summed E-state index contributed by atoms with van der Waals surface area (Å²) in [5.41, 5.74) is 20.3. The average Bonchev–Trinajstić information content (AvgIpc) is 3.77. The van der Waals surface area contributed by atoms with E-state index in [1.54, 1.807) is 54.7 Å². The van der Waals surface area contributed by atoms with Crippen LogP contribution in [0.4, 0.5) is 0 Å². The maximum Gasteiger partial charge on any atom is 0.246 e. The molecule has 0 unspecified atom stereocenters. The van der Waals surface area contributed by atoms with Crippen molar-refractivity contribution in [2.45, 2.75) is 113 Å². The van der Waals surface area contributed by atoms with E-state index in [0.29, 0.717) is 29.5 Å². The lowest BCUT2D eigenvalue weighted by Crippen LogP contribution is -2.63. The summed E-state index contributed by atoms with van der Waals surface area (Å²) in [5.74, 6) is -7.58. The number of aliphatic hydroxyl groups is 2. The number of H-pyrrole nitrogens is 1. The third-order valence-electron chi connectivity index (χ3n) is 12.3. The van der Waals surface area contributed by atoms with Gasteiger partial charge < -0.3 is 74.3 Å². The van der Waals surface area contributed by atoms with Crippen LogP contribution in [-0.2, 0) is 57.6 Å². The third kappa shape index (κ3) is 16.7. The zero-order valence-corrected chi connectivity index (χ0v) is 43.0. The monoisotopic (exact) mass is 1060 g/mol. The van der Waals surface area contributed by atoms with Gasteiger partial charge in [0.2, 0.25) is 47.3 Å². The molecule has 1 saturated heterocycles. The molecule has 400 valence electrons. The van der Waals surface area contributed by atoms with Crippen molar-refractivity contribution in [3.8, 4) is 5.75 Å². The molecule has 0 saturated carbocycles. The van der Waals surface area contributed by atoms with Crippen LogP contribution in [0, 0.1) is 0 Å². The van der Waals surface area contributed by atoms with Crippen LogP contribution >= 0.6 is 21.6 Å². The second-order valence-electron chi connectivity index (χ2n) is 18.2. The fraction of sp³-hybridized carbons (Fsp3) is 0.440. The highest BCUT2D eigenvalue weighted by Gasteiger charge is 2.38. The predicted octanol–water partition coefficient (Wildman–Crippen LogP) is -1.26. The Morgan fingerprint density at radius 2 is 1.35 bits per heavy atom. The van der Waals surface area contributed by atoms with Crippen LogP contribution in [0.5, 0.6) is 5.75 Å². The highest BCUT2D eigenvalue weighted by Crippen LogP contribution is 2.25. The molecule has 0 aliphatic carbocycles. The number of fused-ring (bicyclic) bond motifs is 1. The number of aromatic hydroxyl groups is 1. The van der Waals surface area contributed by atoms with Crippen LogP contribution in [0.25, 0.3) is 10.9 Å². The Bertz CT molecular complexity index is 2570. The first-order valence-electron chi connectivity index (χ1n) is 24.1.